The smallest absolute Gasteiger partial charge is 0.255 e. The summed E-state index contributed by atoms with van der Waals surface area (Å²) in [5, 5.41) is 3.56. The van der Waals surface area contributed by atoms with E-state index in [0.29, 0.717) is 12.1 Å². The topological polar surface area (TPSA) is 71.0 Å². The van der Waals surface area contributed by atoms with Gasteiger partial charge in [0.25, 0.3) is 5.91 Å². The predicted molar refractivity (Wildman–Crippen MR) is 90.8 cm³/mol. The Hall–Kier alpha value is -2.50. The maximum atomic E-state index is 12.6. The number of fused-ring (bicyclic) bond motifs is 1. The molecule has 1 aliphatic heterocycles. The van der Waals surface area contributed by atoms with Crippen molar-refractivity contribution in [2.45, 2.75) is 38.1 Å². The Bertz CT molecular complexity index is 733. The van der Waals surface area contributed by atoms with E-state index in [2.05, 4.69) is 20.3 Å². The Morgan fingerprint density at radius 2 is 2.21 bits per heavy atom. The van der Waals surface area contributed by atoms with Crippen molar-refractivity contribution in [2.24, 2.45) is 0 Å². The summed E-state index contributed by atoms with van der Waals surface area (Å²) in [5.41, 5.74) is 3.08. The summed E-state index contributed by atoms with van der Waals surface area (Å²) in [7, 11) is 0. The van der Waals surface area contributed by atoms with Crippen LogP contribution in [0.4, 0.5) is 5.82 Å². The summed E-state index contributed by atoms with van der Waals surface area (Å²) < 4.78 is 0. The van der Waals surface area contributed by atoms with Crippen molar-refractivity contribution in [1.29, 1.82) is 0 Å². The van der Waals surface area contributed by atoms with Gasteiger partial charge < -0.3 is 10.2 Å². The predicted octanol–water partition coefficient (Wildman–Crippen LogP) is 2.08. The van der Waals surface area contributed by atoms with Crippen LogP contribution < -0.4 is 5.32 Å². The van der Waals surface area contributed by atoms with E-state index in [9.17, 15) is 4.79 Å². The molecular formula is C18H21N5O. The van der Waals surface area contributed by atoms with Gasteiger partial charge in [0.05, 0.1) is 5.56 Å². The SMILES string of the molecule is O=C(c1cccnc1)N1CCC[C@H](Nc2ncnc3c2CCC3)C1. The third-order valence-electron chi connectivity index (χ3n) is 4.83. The van der Waals surface area contributed by atoms with Crippen molar-refractivity contribution >= 4 is 11.7 Å². The first kappa shape index (κ1) is 15.1. The fraction of sp³-hybridized carbons (Fsp3) is 0.444. The van der Waals surface area contributed by atoms with Gasteiger partial charge in [0.2, 0.25) is 0 Å². The zero-order valence-corrected chi connectivity index (χ0v) is 13.6. The third-order valence-corrected chi connectivity index (χ3v) is 4.83. The molecule has 1 saturated heterocycles. The average molecular weight is 323 g/mol. The molecule has 0 saturated carbocycles. The number of anilines is 1. The molecule has 4 rings (SSSR count). The lowest BCUT2D eigenvalue weighted by molar-refractivity contribution is 0.0714. The molecule has 2 aliphatic rings. The number of hydrogen-bond acceptors (Lipinski definition) is 5. The second-order valence-electron chi connectivity index (χ2n) is 6.48. The van der Waals surface area contributed by atoms with E-state index in [-0.39, 0.29) is 11.9 Å². The van der Waals surface area contributed by atoms with Gasteiger partial charge in [-0.15, -0.1) is 0 Å². The molecule has 0 bridgehead atoms. The molecule has 6 nitrogen and oxygen atoms in total. The normalized spacial score (nSPS) is 19.8. The maximum absolute atomic E-state index is 12.6. The number of nitrogens with zero attached hydrogens (tertiary/aromatic N) is 4. The zero-order chi connectivity index (χ0) is 16.4. The first-order valence-corrected chi connectivity index (χ1v) is 8.60. The maximum Gasteiger partial charge on any atom is 0.255 e. The van der Waals surface area contributed by atoms with Crippen molar-refractivity contribution in [3.63, 3.8) is 0 Å². The van der Waals surface area contributed by atoms with Crippen molar-refractivity contribution in [3.05, 3.63) is 47.7 Å². The van der Waals surface area contributed by atoms with Crippen LogP contribution in [0, 0.1) is 0 Å². The molecule has 2 aromatic rings. The van der Waals surface area contributed by atoms with E-state index < -0.39 is 0 Å². The molecule has 6 heteroatoms. The Labute approximate surface area is 141 Å². The van der Waals surface area contributed by atoms with Crippen LogP contribution in [0.15, 0.2) is 30.9 Å². The zero-order valence-electron chi connectivity index (χ0n) is 13.6. The van der Waals surface area contributed by atoms with Gasteiger partial charge in [-0.3, -0.25) is 9.78 Å². The molecule has 1 fully saturated rings. The molecule has 0 aromatic carbocycles. The minimum Gasteiger partial charge on any atom is -0.365 e. The lowest BCUT2D eigenvalue weighted by Gasteiger charge is -2.33. The Morgan fingerprint density at radius 1 is 1.25 bits per heavy atom. The molecule has 0 radical (unpaired) electrons. The van der Waals surface area contributed by atoms with Crippen LogP contribution in [0.1, 0.15) is 40.9 Å². The molecule has 1 amide bonds. The van der Waals surface area contributed by atoms with Crippen LogP contribution in [0.25, 0.3) is 0 Å². The van der Waals surface area contributed by atoms with Crippen LogP contribution in [0.3, 0.4) is 0 Å². The minimum absolute atomic E-state index is 0.0579. The largest absolute Gasteiger partial charge is 0.365 e. The van der Waals surface area contributed by atoms with Crippen LogP contribution in [-0.4, -0.2) is 44.9 Å². The third kappa shape index (κ3) is 2.96. The molecule has 2 aromatic heterocycles. The van der Waals surface area contributed by atoms with Gasteiger partial charge in [0, 0.05) is 42.8 Å². The minimum atomic E-state index is 0.0579. The number of aromatic nitrogens is 3. The number of carbonyl (C=O) groups excluding carboxylic acids is 1. The highest BCUT2D eigenvalue weighted by Gasteiger charge is 2.26. The number of nitrogens with one attached hydrogen (secondary N) is 1. The number of piperidine rings is 1. The lowest BCUT2D eigenvalue weighted by Crippen LogP contribution is -2.45. The van der Waals surface area contributed by atoms with Gasteiger partial charge >= 0.3 is 0 Å². The van der Waals surface area contributed by atoms with Gasteiger partial charge in [-0.2, -0.15) is 0 Å². The van der Waals surface area contributed by atoms with E-state index in [1.165, 1.54) is 11.3 Å². The fourth-order valence-electron chi connectivity index (χ4n) is 3.63. The molecule has 0 spiro atoms. The van der Waals surface area contributed by atoms with E-state index in [4.69, 9.17) is 0 Å². The summed E-state index contributed by atoms with van der Waals surface area (Å²) >= 11 is 0. The van der Waals surface area contributed by atoms with E-state index in [1.807, 2.05) is 11.0 Å². The van der Waals surface area contributed by atoms with Gasteiger partial charge in [-0.1, -0.05) is 0 Å². The molecular weight excluding hydrogens is 302 g/mol. The number of likely N-dealkylation sites (tertiary alicyclic amines) is 1. The number of aryl methyl sites for hydroxylation is 1. The van der Waals surface area contributed by atoms with Crippen LogP contribution >= 0.6 is 0 Å². The number of hydrogen-bond donors (Lipinski definition) is 1. The second-order valence-corrected chi connectivity index (χ2v) is 6.48. The van der Waals surface area contributed by atoms with Gasteiger partial charge in [0.15, 0.2) is 0 Å². The van der Waals surface area contributed by atoms with Crippen molar-refractivity contribution in [2.75, 3.05) is 18.4 Å². The van der Waals surface area contributed by atoms with Gasteiger partial charge in [0.1, 0.15) is 12.1 Å². The van der Waals surface area contributed by atoms with Crippen molar-refractivity contribution < 1.29 is 4.79 Å². The molecule has 124 valence electrons. The van der Waals surface area contributed by atoms with Crippen LogP contribution in [-0.2, 0) is 12.8 Å². The number of pyridine rings is 1. The van der Waals surface area contributed by atoms with Crippen LogP contribution in [0.5, 0.6) is 0 Å². The Kier molecular flexibility index (Phi) is 4.11. The number of amides is 1. The summed E-state index contributed by atoms with van der Waals surface area (Å²) in [6, 6.07) is 3.86. The van der Waals surface area contributed by atoms with E-state index in [0.717, 1.165) is 44.5 Å². The molecule has 0 unspecified atom stereocenters. The summed E-state index contributed by atoms with van der Waals surface area (Å²) in [6.07, 6.45) is 10.3. The summed E-state index contributed by atoms with van der Waals surface area (Å²) in [5.74, 6) is 1.01. The van der Waals surface area contributed by atoms with E-state index >= 15 is 0 Å². The summed E-state index contributed by atoms with van der Waals surface area (Å²) in [6.45, 7) is 1.50. The van der Waals surface area contributed by atoms with Gasteiger partial charge in [-0.05, 0) is 44.2 Å². The molecule has 1 atom stereocenters. The first-order chi connectivity index (χ1) is 11.8. The second kappa shape index (κ2) is 6.55. The lowest BCUT2D eigenvalue weighted by atomic mass is 10.0. The molecule has 3 heterocycles. The van der Waals surface area contributed by atoms with E-state index in [1.54, 1.807) is 24.8 Å². The first-order valence-electron chi connectivity index (χ1n) is 8.60. The Balaban J connectivity index is 1.46. The monoisotopic (exact) mass is 323 g/mol. The number of carbonyl (C=O) groups is 1. The van der Waals surface area contributed by atoms with Crippen LogP contribution in [0.2, 0.25) is 0 Å². The average Bonchev–Trinajstić information content (AvgIpc) is 3.12. The summed E-state index contributed by atoms with van der Waals surface area (Å²) in [4.78, 5) is 27.4. The quantitative estimate of drug-likeness (QED) is 0.936. The Morgan fingerprint density at radius 3 is 3.08 bits per heavy atom. The van der Waals surface area contributed by atoms with Gasteiger partial charge in [-0.25, -0.2) is 9.97 Å². The standard InChI is InChI=1S/C18H21N5O/c24-18(13-4-2-8-19-10-13)23-9-3-5-14(11-23)22-17-15-6-1-7-16(15)20-12-21-17/h2,4,8,10,12,14H,1,3,5-7,9,11H2,(H,20,21,22)/t14-/m0/s1. The fourth-order valence-corrected chi connectivity index (χ4v) is 3.63. The molecule has 24 heavy (non-hydrogen) atoms. The molecule has 1 N–H and O–H groups in total. The highest BCUT2D eigenvalue weighted by molar-refractivity contribution is 5.94. The number of rotatable bonds is 3. The highest BCUT2D eigenvalue weighted by atomic mass is 16.2. The van der Waals surface area contributed by atoms with Crippen molar-refractivity contribution in [3.8, 4) is 0 Å². The van der Waals surface area contributed by atoms with Crippen molar-refractivity contribution in [1.82, 2.24) is 19.9 Å². The molecule has 1 aliphatic carbocycles. The highest BCUT2D eigenvalue weighted by Crippen LogP contribution is 2.26.